The van der Waals surface area contributed by atoms with Gasteiger partial charge in [-0.15, -0.1) is 0 Å². The van der Waals surface area contributed by atoms with Gasteiger partial charge in [-0.2, -0.15) is 13.8 Å². The number of halogens is 5. The highest BCUT2D eigenvalue weighted by Crippen LogP contribution is 2.37. The van der Waals surface area contributed by atoms with Crippen LogP contribution in [0.1, 0.15) is 0 Å². The molecule has 0 bridgehead atoms. The zero-order valence-corrected chi connectivity index (χ0v) is 10.3. The van der Waals surface area contributed by atoms with Gasteiger partial charge in [-0.3, -0.25) is 0 Å². The summed E-state index contributed by atoms with van der Waals surface area (Å²) in [7, 11) is 0. The van der Waals surface area contributed by atoms with Crippen LogP contribution in [0.5, 0.6) is 0 Å². The van der Waals surface area contributed by atoms with Gasteiger partial charge in [0.05, 0.1) is 15.6 Å². The first-order chi connectivity index (χ1) is 7.99. The number of nitrogens with zero attached hydrogens (tertiary/aromatic N) is 2. The number of benzene rings is 1. The first-order valence-electron chi connectivity index (χ1n) is 4.32. The standard InChI is InChI=1S/C10H3Cl3F2N2/c11-4-1-6(12)8(7(13)2-4)5-3-16-10(15)17-9(5)14/h1-3H. The second-order valence-corrected chi connectivity index (χ2v) is 4.34. The molecule has 17 heavy (non-hydrogen) atoms. The summed E-state index contributed by atoms with van der Waals surface area (Å²) in [6.07, 6.45) is -0.189. The molecular formula is C10H3Cl3F2N2. The van der Waals surface area contributed by atoms with E-state index in [1.807, 2.05) is 0 Å². The molecule has 1 aromatic carbocycles. The van der Waals surface area contributed by atoms with Crippen LogP contribution < -0.4 is 0 Å². The molecule has 0 atom stereocenters. The molecule has 2 aromatic rings. The predicted molar refractivity (Wildman–Crippen MR) is 62.4 cm³/mol. The van der Waals surface area contributed by atoms with Crippen molar-refractivity contribution >= 4 is 34.8 Å². The highest BCUT2D eigenvalue weighted by atomic mass is 35.5. The minimum Gasteiger partial charge on any atom is -0.210 e. The molecule has 0 unspecified atom stereocenters. The molecule has 0 aliphatic carbocycles. The fraction of sp³-hybridized carbons (Fsp3) is 0. The molecule has 0 amide bonds. The van der Waals surface area contributed by atoms with E-state index in [4.69, 9.17) is 34.8 Å². The monoisotopic (exact) mass is 294 g/mol. The highest BCUT2D eigenvalue weighted by Gasteiger charge is 2.16. The van der Waals surface area contributed by atoms with E-state index in [1.165, 1.54) is 12.1 Å². The molecule has 1 heterocycles. The average molecular weight is 296 g/mol. The fourth-order valence-corrected chi connectivity index (χ4v) is 2.33. The molecule has 7 heteroatoms. The Morgan fingerprint density at radius 3 is 2.12 bits per heavy atom. The summed E-state index contributed by atoms with van der Waals surface area (Å²) in [4.78, 5) is 6.21. The SMILES string of the molecule is Fc1ncc(-c2c(Cl)cc(Cl)cc2Cl)c(F)n1. The van der Waals surface area contributed by atoms with E-state index in [0.717, 1.165) is 6.20 Å². The van der Waals surface area contributed by atoms with E-state index >= 15 is 0 Å². The second kappa shape index (κ2) is 4.72. The summed E-state index contributed by atoms with van der Waals surface area (Å²) >= 11 is 17.5. The second-order valence-electron chi connectivity index (χ2n) is 3.09. The first kappa shape index (κ1) is 12.5. The number of hydrogen-bond donors (Lipinski definition) is 0. The molecule has 88 valence electrons. The van der Waals surface area contributed by atoms with E-state index in [9.17, 15) is 8.78 Å². The maximum Gasteiger partial charge on any atom is 0.311 e. The van der Waals surface area contributed by atoms with Crippen LogP contribution >= 0.6 is 34.8 Å². The van der Waals surface area contributed by atoms with Crippen LogP contribution in [-0.2, 0) is 0 Å². The van der Waals surface area contributed by atoms with Crippen LogP contribution in [0.2, 0.25) is 15.1 Å². The third-order valence-electron chi connectivity index (χ3n) is 1.99. The van der Waals surface area contributed by atoms with Gasteiger partial charge < -0.3 is 0 Å². The Labute approximate surface area is 110 Å². The Hall–Kier alpha value is -0.970. The summed E-state index contributed by atoms with van der Waals surface area (Å²) in [6.45, 7) is 0. The normalized spacial score (nSPS) is 10.6. The molecule has 0 fully saturated rings. The molecule has 0 radical (unpaired) electrons. The molecular weight excluding hydrogens is 292 g/mol. The maximum atomic E-state index is 13.5. The number of hydrogen-bond acceptors (Lipinski definition) is 2. The molecule has 0 aliphatic rings. The van der Waals surface area contributed by atoms with Gasteiger partial charge in [-0.05, 0) is 12.1 Å². The van der Waals surface area contributed by atoms with E-state index in [-0.39, 0.29) is 21.2 Å². The Morgan fingerprint density at radius 1 is 1.00 bits per heavy atom. The summed E-state index contributed by atoms with van der Waals surface area (Å²) < 4.78 is 26.0. The Bertz CT molecular complexity index is 567. The van der Waals surface area contributed by atoms with Gasteiger partial charge in [-0.1, -0.05) is 34.8 Å². The van der Waals surface area contributed by atoms with Gasteiger partial charge in [0, 0.05) is 16.8 Å². The highest BCUT2D eigenvalue weighted by molar-refractivity contribution is 6.41. The fourth-order valence-electron chi connectivity index (χ4n) is 1.31. The molecule has 0 N–H and O–H groups in total. The van der Waals surface area contributed by atoms with Crippen molar-refractivity contribution in [3.05, 3.63) is 45.4 Å². The molecule has 0 saturated carbocycles. The molecule has 2 nitrogen and oxygen atoms in total. The van der Waals surface area contributed by atoms with Crippen molar-refractivity contribution < 1.29 is 8.78 Å². The Morgan fingerprint density at radius 2 is 1.59 bits per heavy atom. The molecule has 0 saturated heterocycles. The topological polar surface area (TPSA) is 25.8 Å². The first-order valence-corrected chi connectivity index (χ1v) is 5.45. The van der Waals surface area contributed by atoms with Crippen LogP contribution in [0, 0.1) is 12.0 Å². The maximum absolute atomic E-state index is 13.5. The van der Waals surface area contributed by atoms with Crippen LogP contribution in [0.25, 0.3) is 11.1 Å². The van der Waals surface area contributed by atoms with Crippen molar-refractivity contribution in [1.82, 2.24) is 9.97 Å². The summed E-state index contributed by atoms with van der Waals surface area (Å²) in [5, 5.41) is 0.584. The van der Waals surface area contributed by atoms with Gasteiger partial charge in [0.1, 0.15) is 0 Å². The smallest absolute Gasteiger partial charge is 0.210 e. The number of aromatic nitrogens is 2. The van der Waals surface area contributed by atoms with Gasteiger partial charge >= 0.3 is 6.08 Å². The van der Waals surface area contributed by atoms with Crippen molar-refractivity contribution in [3.63, 3.8) is 0 Å². The van der Waals surface area contributed by atoms with E-state index in [2.05, 4.69) is 9.97 Å². The van der Waals surface area contributed by atoms with Gasteiger partial charge in [0.25, 0.3) is 0 Å². The van der Waals surface area contributed by atoms with Crippen molar-refractivity contribution in [1.29, 1.82) is 0 Å². The minimum atomic E-state index is -1.16. The molecule has 2 rings (SSSR count). The van der Waals surface area contributed by atoms with Crippen molar-refractivity contribution in [2.45, 2.75) is 0 Å². The lowest BCUT2D eigenvalue weighted by molar-refractivity contribution is 0.485. The van der Waals surface area contributed by atoms with Crippen molar-refractivity contribution in [3.8, 4) is 11.1 Å². The van der Waals surface area contributed by atoms with Gasteiger partial charge in [0.2, 0.25) is 5.95 Å². The third-order valence-corrected chi connectivity index (χ3v) is 2.80. The molecule has 0 aliphatic heterocycles. The van der Waals surface area contributed by atoms with Crippen LogP contribution in [0.3, 0.4) is 0 Å². The minimum absolute atomic E-state index is 0.0851. The van der Waals surface area contributed by atoms with E-state index < -0.39 is 12.0 Å². The average Bonchev–Trinajstić information content (AvgIpc) is 2.19. The zero-order chi connectivity index (χ0) is 12.6. The van der Waals surface area contributed by atoms with Crippen molar-refractivity contribution in [2.75, 3.05) is 0 Å². The quantitative estimate of drug-likeness (QED) is 0.576. The van der Waals surface area contributed by atoms with Crippen LogP contribution in [-0.4, -0.2) is 9.97 Å². The third kappa shape index (κ3) is 2.49. The van der Waals surface area contributed by atoms with Gasteiger partial charge in [0.15, 0.2) is 0 Å². The Kier molecular flexibility index (Phi) is 3.47. The van der Waals surface area contributed by atoms with E-state index in [1.54, 1.807) is 0 Å². The summed E-state index contributed by atoms with van der Waals surface area (Å²) in [5.41, 5.74) is 0.0910. The summed E-state index contributed by atoms with van der Waals surface area (Å²) in [5.74, 6) is -1.04. The number of rotatable bonds is 1. The largest absolute Gasteiger partial charge is 0.311 e. The molecule has 0 spiro atoms. The lowest BCUT2D eigenvalue weighted by Crippen LogP contribution is -1.97. The zero-order valence-electron chi connectivity index (χ0n) is 8.02. The lowest BCUT2D eigenvalue weighted by atomic mass is 10.1. The van der Waals surface area contributed by atoms with E-state index in [0.29, 0.717) is 5.02 Å². The Balaban J connectivity index is 2.68. The van der Waals surface area contributed by atoms with Gasteiger partial charge in [-0.25, -0.2) is 4.98 Å². The van der Waals surface area contributed by atoms with Crippen molar-refractivity contribution in [2.24, 2.45) is 0 Å². The predicted octanol–water partition coefficient (Wildman–Crippen LogP) is 4.38. The summed E-state index contributed by atoms with van der Waals surface area (Å²) in [6, 6.07) is 2.79. The lowest BCUT2D eigenvalue weighted by Gasteiger charge is -2.07. The van der Waals surface area contributed by atoms with Crippen LogP contribution in [0.15, 0.2) is 18.3 Å². The molecule has 1 aromatic heterocycles. The van der Waals surface area contributed by atoms with Crippen LogP contribution in [0.4, 0.5) is 8.78 Å².